The lowest BCUT2D eigenvalue weighted by Crippen LogP contribution is -2.27. The van der Waals surface area contributed by atoms with Gasteiger partial charge in [0.25, 0.3) is 0 Å². The van der Waals surface area contributed by atoms with Gasteiger partial charge in [-0.05, 0) is 13.8 Å². The summed E-state index contributed by atoms with van der Waals surface area (Å²) in [6.07, 6.45) is 0. The molecule has 2 nitrogen and oxygen atoms in total. The number of rotatable bonds is 2. The third kappa shape index (κ3) is 2.61. The van der Waals surface area contributed by atoms with Gasteiger partial charge in [0, 0.05) is 0 Å². The predicted octanol–water partition coefficient (Wildman–Crippen LogP) is 1.61. The maximum atomic E-state index is 9.96. The van der Waals surface area contributed by atoms with Crippen LogP contribution in [0.25, 0.3) is 0 Å². The molecule has 48 valence electrons. The van der Waals surface area contributed by atoms with E-state index in [0.717, 1.165) is 0 Å². The molecular weight excluding hydrogens is 146 g/mol. The van der Waals surface area contributed by atoms with Gasteiger partial charge >= 0.3 is 0 Å². The number of aliphatic hydroxyl groups is 1. The van der Waals surface area contributed by atoms with Crippen molar-refractivity contribution in [3.63, 3.8) is 0 Å². The van der Waals surface area contributed by atoms with Gasteiger partial charge in [-0.15, -0.1) is 11.6 Å². The second-order valence-electron chi connectivity index (χ2n) is 2.09. The van der Waals surface area contributed by atoms with E-state index in [1.54, 1.807) is 0 Å². The third-order valence-corrected chi connectivity index (χ3v) is 2.27. The van der Waals surface area contributed by atoms with E-state index in [0.29, 0.717) is 0 Å². The maximum absolute atomic E-state index is 9.96. The largest absolute Gasteiger partial charge is 0.388 e. The Hall–Kier alpha value is 0.350. The summed E-state index contributed by atoms with van der Waals surface area (Å²) in [6, 6.07) is 0. The Kier molecular flexibility index (Phi) is 2.89. The van der Waals surface area contributed by atoms with Gasteiger partial charge in [0.2, 0.25) is 0 Å². The summed E-state index contributed by atoms with van der Waals surface area (Å²) in [5.74, 6) is 0. The first-order chi connectivity index (χ1) is 3.48. The zero-order valence-electron chi connectivity index (χ0n) is 4.76. The van der Waals surface area contributed by atoms with E-state index in [1.807, 2.05) is 0 Å². The number of hydrogen-bond acceptors (Lipinski definition) is 2. The minimum absolute atomic E-state index is 0.227. The Morgan fingerprint density at radius 1 is 1.75 bits per heavy atom. The van der Waals surface area contributed by atoms with Crippen molar-refractivity contribution in [1.29, 1.82) is 0 Å². The Morgan fingerprint density at radius 2 is 2.12 bits per heavy atom. The molecular formula is C4H8ClO2P. The minimum atomic E-state index is -1.05. The number of alkyl halides is 1. The summed E-state index contributed by atoms with van der Waals surface area (Å²) in [7, 11) is -0.227. The molecule has 0 aliphatic heterocycles. The summed E-state index contributed by atoms with van der Waals surface area (Å²) >= 11 is 5.37. The van der Waals surface area contributed by atoms with Gasteiger partial charge in [-0.25, -0.2) is 0 Å². The number of hydrogen-bond donors (Lipinski definition) is 1. The van der Waals surface area contributed by atoms with Crippen LogP contribution in [0.2, 0.25) is 0 Å². The van der Waals surface area contributed by atoms with Crippen molar-refractivity contribution in [2.75, 3.05) is 0 Å². The van der Waals surface area contributed by atoms with E-state index in [9.17, 15) is 4.57 Å². The van der Waals surface area contributed by atoms with Crippen LogP contribution < -0.4 is 0 Å². The van der Waals surface area contributed by atoms with E-state index in [-0.39, 0.29) is 8.46 Å². The first-order valence-electron chi connectivity index (χ1n) is 2.17. The molecule has 0 rings (SSSR count). The number of halogens is 1. The van der Waals surface area contributed by atoms with Gasteiger partial charge in [0.15, 0.2) is 8.46 Å². The van der Waals surface area contributed by atoms with Crippen molar-refractivity contribution in [1.82, 2.24) is 0 Å². The second kappa shape index (κ2) is 2.77. The van der Waals surface area contributed by atoms with Crippen LogP contribution in [0.4, 0.5) is 0 Å². The van der Waals surface area contributed by atoms with Gasteiger partial charge in [-0.2, -0.15) is 0 Å². The van der Waals surface area contributed by atoms with E-state index in [1.165, 1.54) is 13.8 Å². The first kappa shape index (κ1) is 8.35. The highest BCUT2D eigenvalue weighted by molar-refractivity contribution is 7.28. The summed E-state index contributed by atoms with van der Waals surface area (Å²) < 4.78 is 9.96. The molecule has 0 aromatic rings. The molecule has 0 aliphatic carbocycles. The van der Waals surface area contributed by atoms with Crippen LogP contribution in [0, 0.1) is 0 Å². The van der Waals surface area contributed by atoms with Crippen molar-refractivity contribution in [2.45, 2.75) is 24.6 Å². The van der Waals surface area contributed by atoms with Crippen LogP contribution >= 0.6 is 20.1 Å². The third-order valence-electron chi connectivity index (χ3n) is 0.675. The highest BCUT2D eigenvalue weighted by Gasteiger charge is 2.24. The van der Waals surface area contributed by atoms with Gasteiger partial charge in [0.05, 0.1) is 5.60 Å². The molecule has 0 bridgehead atoms. The zero-order chi connectivity index (χ0) is 6.78. The van der Waals surface area contributed by atoms with Gasteiger partial charge in [-0.1, -0.05) is 0 Å². The fourth-order valence-corrected chi connectivity index (χ4v) is 0.387. The van der Waals surface area contributed by atoms with Crippen LogP contribution in [0.1, 0.15) is 13.8 Å². The highest BCUT2D eigenvalue weighted by atomic mass is 35.5. The molecule has 0 fully saturated rings. The molecule has 1 N–H and O–H groups in total. The van der Waals surface area contributed by atoms with Crippen LogP contribution in [-0.4, -0.2) is 15.8 Å². The molecule has 0 amide bonds. The zero-order valence-corrected chi connectivity index (χ0v) is 6.41. The summed E-state index contributed by atoms with van der Waals surface area (Å²) in [5.41, 5.74) is -1.05. The standard InChI is InChI=1S/C4H8ClO2P/c1-4(2,6)3(5)8-7/h3,6H,1-2H3. The topological polar surface area (TPSA) is 37.3 Å². The van der Waals surface area contributed by atoms with Gasteiger partial charge in [0.1, 0.15) is 5.12 Å². The Labute approximate surface area is 55.1 Å². The SMILES string of the molecule is CC(C)(O)C(Cl)P=O. The van der Waals surface area contributed by atoms with Crippen LogP contribution in [0.5, 0.6) is 0 Å². The Bertz CT molecular complexity index is 88.5. The summed E-state index contributed by atoms with van der Waals surface area (Å²) in [6.45, 7) is 3.02. The van der Waals surface area contributed by atoms with Crippen molar-refractivity contribution in [3.8, 4) is 0 Å². The van der Waals surface area contributed by atoms with E-state index in [4.69, 9.17) is 16.7 Å². The average molecular weight is 155 g/mol. The average Bonchev–Trinajstić information content (AvgIpc) is 1.62. The van der Waals surface area contributed by atoms with Crippen LogP contribution in [0.15, 0.2) is 0 Å². The fraction of sp³-hybridized carbons (Fsp3) is 1.00. The van der Waals surface area contributed by atoms with Crippen molar-refractivity contribution in [2.24, 2.45) is 0 Å². The molecule has 0 aromatic carbocycles. The van der Waals surface area contributed by atoms with E-state index in [2.05, 4.69) is 0 Å². The Balaban J connectivity index is 3.80. The van der Waals surface area contributed by atoms with Crippen LogP contribution in [-0.2, 0) is 4.57 Å². The lowest BCUT2D eigenvalue weighted by atomic mass is 10.2. The van der Waals surface area contributed by atoms with Crippen molar-refractivity contribution >= 4 is 20.1 Å². The van der Waals surface area contributed by atoms with E-state index < -0.39 is 10.7 Å². The van der Waals surface area contributed by atoms with Crippen LogP contribution in [0.3, 0.4) is 0 Å². The normalized spacial score (nSPS) is 16.5. The molecule has 1 atom stereocenters. The molecule has 0 aromatic heterocycles. The monoisotopic (exact) mass is 154 g/mol. The summed E-state index contributed by atoms with van der Waals surface area (Å²) in [5, 5.41) is 8.24. The van der Waals surface area contributed by atoms with Gasteiger partial charge < -0.3 is 5.11 Å². The molecule has 8 heavy (non-hydrogen) atoms. The first-order valence-corrected chi connectivity index (χ1v) is 3.49. The Morgan fingerprint density at radius 3 is 2.12 bits per heavy atom. The quantitative estimate of drug-likeness (QED) is 0.485. The van der Waals surface area contributed by atoms with Gasteiger partial charge in [-0.3, -0.25) is 4.57 Å². The lowest BCUT2D eigenvalue weighted by Gasteiger charge is -2.16. The molecule has 0 spiro atoms. The predicted molar refractivity (Wildman–Crippen MR) is 33.5 cm³/mol. The second-order valence-corrected chi connectivity index (χ2v) is 3.56. The molecule has 0 saturated heterocycles. The lowest BCUT2D eigenvalue weighted by molar-refractivity contribution is 0.0956. The van der Waals surface area contributed by atoms with Crippen molar-refractivity contribution in [3.05, 3.63) is 0 Å². The molecule has 1 unspecified atom stereocenters. The molecule has 0 saturated carbocycles. The van der Waals surface area contributed by atoms with Crippen molar-refractivity contribution < 1.29 is 9.67 Å². The molecule has 4 heteroatoms. The molecule has 0 radical (unpaired) electrons. The van der Waals surface area contributed by atoms with E-state index >= 15 is 0 Å². The molecule has 0 aliphatic rings. The minimum Gasteiger partial charge on any atom is -0.388 e. The highest BCUT2D eigenvalue weighted by Crippen LogP contribution is 2.24. The smallest absolute Gasteiger partial charge is 0.178 e. The summed E-state index contributed by atoms with van der Waals surface area (Å²) in [4.78, 5) is 0. The molecule has 0 heterocycles. The maximum Gasteiger partial charge on any atom is 0.178 e. The fourth-order valence-electron chi connectivity index (χ4n) is 0.129.